The molecule has 138 valence electrons. The second kappa shape index (κ2) is 9.39. The maximum absolute atomic E-state index is 12.4. The second-order valence-corrected chi connectivity index (χ2v) is 6.22. The molecule has 0 bridgehead atoms. The summed E-state index contributed by atoms with van der Waals surface area (Å²) < 4.78 is 5.48. The Morgan fingerprint density at radius 1 is 1.24 bits per heavy atom. The molecule has 1 aliphatic heterocycles. The molecule has 0 aliphatic carbocycles. The zero-order valence-electron chi connectivity index (χ0n) is 15.1. The third kappa shape index (κ3) is 5.44. The van der Waals surface area contributed by atoms with Gasteiger partial charge in [-0.25, -0.2) is 4.79 Å². The molecule has 0 radical (unpaired) electrons. The Hall–Kier alpha value is -2.12. The molecule has 7 heteroatoms. The Morgan fingerprint density at radius 2 is 1.96 bits per heavy atom. The summed E-state index contributed by atoms with van der Waals surface area (Å²) in [6.07, 6.45) is -0.132. The lowest BCUT2D eigenvalue weighted by atomic mass is 10.2. The molecule has 1 aromatic rings. The molecule has 25 heavy (non-hydrogen) atoms. The molecule has 0 saturated carbocycles. The first-order chi connectivity index (χ1) is 12.0. The van der Waals surface area contributed by atoms with Crippen LogP contribution in [0, 0.1) is 0 Å². The van der Waals surface area contributed by atoms with E-state index in [1.54, 1.807) is 7.11 Å². The molecule has 0 spiro atoms. The van der Waals surface area contributed by atoms with Crippen LogP contribution in [-0.2, 0) is 16.1 Å². The fourth-order valence-electron chi connectivity index (χ4n) is 2.98. The summed E-state index contributed by atoms with van der Waals surface area (Å²) in [5.41, 5.74) is 1.06. The lowest BCUT2D eigenvalue weighted by Gasteiger charge is -2.23. The van der Waals surface area contributed by atoms with Crippen molar-refractivity contribution in [3.8, 4) is 0 Å². The molecule has 7 nitrogen and oxygen atoms in total. The van der Waals surface area contributed by atoms with E-state index in [1.807, 2.05) is 49.1 Å². The average molecular weight is 348 g/mol. The summed E-state index contributed by atoms with van der Waals surface area (Å²) in [6, 6.07) is 9.17. The number of hydrogen-bond acceptors (Lipinski definition) is 4. The Morgan fingerprint density at radius 3 is 2.60 bits per heavy atom. The van der Waals surface area contributed by atoms with Gasteiger partial charge in [-0.1, -0.05) is 30.3 Å². The number of carbonyl (C=O) groups is 2. The SMILES string of the molecule is CCNC(=O)N[C@@H]1CN([C@@H](C)C(=O)NCc2ccccc2)C[C@@H]1OC. The monoisotopic (exact) mass is 348 g/mol. The van der Waals surface area contributed by atoms with Crippen molar-refractivity contribution in [2.45, 2.75) is 38.6 Å². The Balaban J connectivity index is 1.87. The zero-order valence-corrected chi connectivity index (χ0v) is 15.1. The van der Waals surface area contributed by atoms with E-state index >= 15 is 0 Å². The number of amides is 3. The third-order valence-electron chi connectivity index (χ3n) is 4.49. The molecule has 1 aromatic carbocycles. The van der Waals surface area contributed by atoms with Crippen molar-refractivity contribution in [1.29, 1.82) is 0 Å². The maximum Gasteiger partial charge on any atom is 0.315 e. The topological polar surface area (TPSA) is 82.7 Å². The number of nitrogens with one attached hydrogen (secondary N) is 3. The first-order valence-electron chi connectivity index (χ1n) is 8.68. The Labute approximate surface area is 149 Å². The summed E-state index contributed by atoms with van der Waals surface area (Å²) in [5, 5.41) is 8.60. The van der Waals surface area contributed by atoms with E-state index in [2.05, 4.69) is 16.0 Å². The van der Waals surface area contributed by atoms with Crippen molar-refractivity contribution in [3.05, 3.63) is 35.9 Å². The number of benzene rings is 1. The summed E-state index contributed by atoms with van der Waals surface area (Å²) in [7, 11) is 1.63. The standard InChI is InChI=1S/C18H28N4O3/c1-4-19-18(24)21-15-11-22(12-16(15)25-3)13(2)17(23)20-10-14-8-6-5-7-9-14/h5-9,13,15-16H,4,10-12H2,1-3H3,(H,20,23)(H2,19,21,24)/t13-,15+,16-/m0/s1. The predicted octanol–water partition coefficient (Wildman–Crippen LogP) is 0.710. The van der Waals surface area contributed by atoms with Crippen molar-refractivity contribution >= 4 is 11.9 Å². The molecule has 0 aromatic heterocycles. The predicted molar refractivity (Wildman–Crippen MR) is 96.1 cm³/mol. The van der Waals surface area contributed by atoms with Crippen LogP contribution in [0.25, 0.3) is 0 Å². The van der Waals surface area contributed by atoms with Gasteiger partial charge < -0.3 is 20.7 Å². The normalized spacial score (nSPS) is 21.6. The van der Waals surface area contributed by atoms with Gasteiger partial charge in [0.1, 0.15) is 0 Å². The largest absolute Gasteiger partial charge is 0.378 e. The van der Waals surface area contributed by atoms with Crippen molar-refractivity contribution < 1.29 is 14.3 Å². The van der Waals surface area contributed by atoms with Crippen molar-refractivity contribution in [2.75, 3.05) is 26.7 Å². The number of likely N-dealkylation sites (tertiary alicyclic amines) is 1. The van der Waals surface area contributed by atoms with Gasteiger partial charge in [-0.15, -0.1) is 0 Å². The second-order valence-electron chi connectivity index (χ2n) is 6.22. The van der Waals surface area contributed by atoms with Gasteiger partial charge in [0, 0.05) is 33.3 Å². The van der Waals surface area contributed by atoms with Crippen LogP contribution in [0.5, 0.6) is 0 Å². The third-order valence-corrected chi connectivity index (χ3v) is 4.49. The highest BCUT2D eigenvalue weighted by Gasteiger charge is 2.37. The molecular formula is C18H28N4O3. The number of ether oxygens (including phenoxy) is 1. The van der Waals surface area contributed by atoms with Crippen molar-refractivity contribution in [2.24, 2.45) is 0 Å². The van der Waals surface area contributed by atoms with E-state index in [0.29, 0.717) is 26.2 Å². The van der Waals surface area contributed by atoms with Gasteiger partial charge in [0.15, 0.2) is 0 Å². The molecule has 0 unspecified atom stereocenters. The van der Waals surface area contributed by atoms with Gasteiger partial charge >= 0.3 is 6.03 Å². The minimum atomic E-state index is -0.289. The van der Waals surface area contributed by atoms with E-state index in [9.17, 15) is 9.59 Å². The molecule has 1 saturated heterocycles. The van der Waals surface area contributed by atoms with Crippen molar-refractivity contribution in [3.63, 3.8) is 0 Å². The van der Waals surface area contributed by atoms with Gasteiger partial charge in [-0.05, 0) is 19.4 Å². The van der Waals surface area contributed by atoms with E-state index in [0.717, 1.165) is 5.56 Å². The van der Waals surface area contributed by atoms with E-state index in [4.69, 9.17) is 4.74 Å². The number of methoxy groups -OCH3 is 1. The van der Waals surface area contributed by atoms with Crippen LogP contribution in [0.15, 0.2) is 30.3 Å². The quantitative estimate of drug-likeness (QED) is 0.678. The Kier molecular flexibility index (Phi) is 7.21. The van der Waals surface area contributed by atoms with Crippen LogP contribution in [-0.4, -0.2) is 61.8 Å². The minimum Gasteiger partial charge on any atom is -0.378 e. The van der Waals surface area contributed by atoms with Crippen molar-refractivity contribution in [1.82, 2.24) is 20.9 Å². The number of hydrogen-bond donors (Lipinski definition) is 3. The molecule has 3 N–H and O–H groups in total. The average Bonchev–Trinajstić information content (AvgIpc) is 3.02. The molecule has 3 atom stereocenters. The number of carbonyl (C=O) groups excluding carboxylic acids is 2. The maximum atomic E-state index is 12.4. The van der Waals surface area contributed by atoms with E-state index < -0.39 is 0 Å². The molecular weight excluding hydrogens is 320 g/mol. The number of nitrogens with zero attached hydrogens (tertiary/aromatic N) is 1. The number of urea groups is 1. The van der Waals surface area contributed by atoms with Gasteiger partial charge in [0.2, 0.25) is 5.91 Å². The van der Waals surface area contributed by atoms with Gasteiger partial charge in [0.25, 0.3) is 0 Å². The lowest BCUT2D eigenvalue weighted by molar-refractivity contribution is -0.125. The zero-order chi connectivity index (χ0) is 18.2. The summed E-state index contributed by atoms with van der Waals surface area (Å²) >= 11 is 0. The molecule has 1 heterocycles. The molecule has 1 fully saturated rings. The molecule has 1 aliphatic rings. The van der Waals surface area contributed by atoms with E-state index in [-0.39, 0.29) is 30.1 Å². The summed E-state index contributed by atoms with van der Waals surface area (Å²) in [4.78, 5) is 26.2. The van der Waals surface area contributed by atoms with Crippen LogP contribution < -0.4 is 16.0 Å². The smallest absolute Gasteiger partial charge is 0.315 e. The lowest BCUT2D eigenvalue weighted by Crippen LogP contribution is -2.48. The van der Waals surface area contributed by atoms with Crippen LogP contribution in [0.2, 0.25) is 0 Å². The first kappa shape index (κ1) is 19.2. The summed E-state index contributed by atoms with van der Waals surface area (Å²) in [6.45, 7) is 6.00. The minimum absolute atomic E-state index is 0.0302. The highest BCUT2D eigenvalue weighted by Crippen LogP contribution is 2.16. The number of rotatable bonds is 7. The fourth-order valence-corrected chi connectivity index (χ4v) is 2.98. The highest BCUT2D eigenvalue weighted by atomic mass is 16.5. The fraction of sp³-hybridized carbons (Fsp3) is 0.556. The van der Waals surface area contributed by atoms with Crippen LogP contribution in [0.3, 0.4) is 0 Å². The summed E-state index contributed by atoms with van der Waals surface area (Å²) in [5.74, 6) is -0.0302. The van der Waals surface area contributed by atoms with Crippen LogP contribution in [0.1, 0.15) is 19.4 Å². The van der Waals surface area contributed by atoms with Gasteiger partial charge in [-0.3, -0.25) is 9.69 Å². The van der Waals surface area contributed by atoms with E-state index in [1.165, 1.54) is 0 Å². The Bertz CT molecular complexity index is 567. The molecule has 3 amide bonds. The van der Waals surface area contributed by atoms with Gasteiger partial charge in [-0.2, -0.15) is 0 Å². The first-order valence-corrected chi connectivity index (χ1v) is 8.68. The van der Waals surface area contributed by atoms with Crippen LogP contribution >= 0.6 is 0 Å². The van der Waals surface area contributed by atoms with Gasteiger partial charge in [0.05, 0.1) is 18.2 Å². The highest BCUT2D eigenvalue weighted by molar-refractivity contribution is 5.81. The van der Waals surface area contributed by atoms with Crippen LogP contribution in [0.4, 0.5) is 4.79 Å². The molecule has 2 rings (SSSR count).